The van der Waals surface area contributed by atoms with E-state index < -0.39 is 0 Å². The highest BCUT2D eigenvalue weighted by Gasteiger charge is 2.25. The van der Waals surface area contributed by atoms with Crippen molar-refractivity contribution in [1.29, 1.82) is 0 Å². The molecule has 0 aliphatic carbocycles. The van der Waals surface area contributed by atoms with E-state index in [-0.39, 0.29) is 6.61 Å². The molecule has 0 spiro atoms. The number of aliphatic hydroxyl groups excluding tert-OH is 1. The van der Waals surface area contributed by atoms with Gasteiger partial charge >= 0.3 is 6.01 Å². The molecule has 1 aromatic rings. The molecule has 1 atom stereocenters. The Morgan fingerprint density at radius 3 is 3.06 bits per heavy atom. The minimum Gasteiger partial charge on any atom is -0.407 e. The first-order valence-corrected chi connectivity index (χ1v) is 6.60. The van der Waals surface area contributed by atoms with Gasteiger partial charge in [-0.25, -0.2) is 0 Å². The van der Waals surface area contributed by atoms with Gasteiger partial charge in [-0.1, -0.05) is 18.9 Å². The molecular formula is C12H22N4O2. The van der Waals surface area contributed by atoms with Crippen molar-refractivity contribution in [3.05, 3.63) is 5.89 Å². The lowest BCUT2D eigenvalue weighted by molar-refractivity contribution is 0.263. The maximum absolute atomic E-state index is 8.93. The van der Waals surface area contributed by atoms with Crippen LogP contribution in [-0.4, -0.2) is 41.0 Å². The highest BCUT2D eigenvalue weighted by molar-refractivity contribution is 5.26. The summed E-state index contributed by atoms with van der Waals surface area (Å²) in [6.07, 6.45) is 1.94. The lowest BCUT2D eigenvalue weighted by Crippen LogP contribution is -2.22. The van der Waals surface area contributed by atoms with Gasteiger partial charge in [0.1, 0.15) is 0 Å². The third-order valence-corrected chi connectivity index (χ3v) is 3.21. The van der Waals surface area contributed by atoms with E-state index in [1.165, 1.54) is 0 Å². The Hall–Kier alpha value is -1.14. The Morgan fingerprint density at radius 1 is 1.50 bits per heavy atom. The summed E-state index contributed by atoms with van der Waals surface area (Å²) in [5.41, 5.74) is 0. The van der Waals surface area contributed by atoms with Crippen LogP contribution in [-0.2, 0) is 6.54 Å². The van der Waals surface area contributed by atoms with E-state index in [4.69, 9.17) is 9.52 Å². The molecule has 1 saturated heterocycles. The van der Waals surface area contributed by atoms with Crippen molar-refractivity contribution in [3.63, 3.8) is 0 Å². The van der Waals surface area contributed by atoms with E-state index >= 15 is 0 Å². The first-order chi connectivity index (χ1) is 8.69. The first-order valence-electron chi connectivity index (χ1n) is 6.60. The number of rotatable bonds is 6. The Morgan fingerprint density at radius 2 is 2.33 bits per heavy atom. The van der Waals surface area contributed by atoms with Crippen molar-refractivity contribution >= 4 is 6.01 Å². The minimum absolute atomic E-state index is 0.256. The fourth-order valence-corrected chi connectivity index (χ4v) is 2.16. The average Bonchev–Trinajstić information content (AvgIpc) is 2.94. The predicted molar refractivity (Wildman–Crippen MR) is 68.3 cm³/mol. The van der Waals surface area contributed by atoms with E-state index in [1.54, 1.807) is 0 Å². The van der Waals surface area contributed by atoms with Gasteiger partial charge in [0, 0.05) is 25.7 Å². The lowest BCUT2D eigenvalue weighted by atomic mass is 10.1. The summed E-state index contributed by atoms with van der Waals surface area (Å²) in [6.45, 7) is 6.86. The number of hydrogen-bond acceptors (Lipinski definition) is 6. The molecule has 18 heavy (non-hydrogen) atoms. The molecular weight excluding hydrogens is 232 g/mol. The Labute approximate surface area is 107 Å². The van der Waals surface area contributed by atoms with Crippen LogP contribution < -0.4 is 10.2 Å². The summed E-state index contributed by atoms with van der Waals surface area (Å²) in [6, 6.07) is 1.01. The van der Waals surface area contributed by atoms with Crippen LogP contribution in [0.4, 0.5) is 6.01 Å². The van der Waals surface area contributed by atoms with Gasteiger partial charge in [0.25, 0.3) is 0 Å². The monoisotopic (exact) mass is 254 g/mol. The molecule has 0 saturated carbocycles. The summed E-state index contributed by atoms with van der Waals surface area (Å²) in [7, 11) is 0. The lowest BCUT2D eigenvalue weighted by Gasteiger charge is -2.12. The Balaban J connectivity index is 1.86. The molecule has 0 bridgehead atoms. The van der Waals surface area contributed by atoms with Crippen LogP contribution in [0.5, 0.6) is 0 Å². The smallest absolute Gasteiger partial charge is 0.318 e. The molecule has 0 amide bonds. The van der Waals surface area contributed by atoms with Gasteiger partial charge in [0.2, 0.25) is 5.89 Å². The molecule has 1 aliphatic rings. The predicted octanol–water partition coefficient (Wildman–Crippen LogP) is 0.776. The number of hydrogen-bond donors (Lipinski definition) is 2. The van der Waals surface area contributed by atoms with Gasteiger partial charge in [-0.2, -0.15) is 0 Å². The molecule has 6 nitrogen and oxygen atoms in total. The van der Waals surface area contributed by atoms with Crippen molar-refractivity contribution in [2.45, 2.75) is 39.3 Å². The molecule has 2 N–H and O–H groups in total. The van der Waals surface area contributed by atoms with Crippen LogP contribution >= 0.6 is 0 Å². The third-order valence-electron chi connectivity index (χ3n) is 3.21. The molecule has 1 aliphatic heterocycles. The first kappa shape index (κ1) is 13.3. The van der Waals surface area contributed by atoms with Crippen molar-refractivity contribution in [3.8, 4) is 0 Å². The van der Waals surface area contributed by atoms with Crippen molar-refractivity contribution in [2.75, 3.05) is 24.6 Å². The van der Waals surface area contributed by atoms with Gasteiger partial charge in [0.05, 0.1) is 6.54 Å². The van der Waals surface area contributed by atoms with Gasteiger partial charge in [-0.05, 0) is 18.8 Å². The third kappa shape index (κ3) is 3.43. The quantitative estimate of drug-likeness (QED) is 0.781. The molecule has 2 heterocycles. The summed E-state index contributed by atoms with van der Waals surface area (Å²) >= 11 is 0. The van der Waals surface area contributed by atoms with E-state index in [1.807, 2.05) is 0 Å². The van der Waals surface area contributed by atoms with Gasteiger partial charge < -0.3 is 19.7 Å². The molecule has 1 unspecified atom stereocenters. The zero-order valence-corrected chi connectivity index (χ0v) is 11.1. The van der Waals surface area contributed by atoms with Crippen molar-refractivity contribution in [2.24, 2.45) is 5.92 Å². The summed E-state index contributed by atoms with van der Waals surface area (Å²) in [5.74, 6) is 1.17. The topological polar surface area (TPSA) is 74.4 Å². The van der Waals surface area contributed by atoms with Crippen LogP contribution in [0.2, 0.25) is 0 Å². The number of aliphatic hydroxyl groups is 1. The molecule has 1 aromatic heterocycles. The van der Waals surface area contributed by atoms with Crippen molar-refractivity contribution < 1.29 is 9.52 Å². The zero-order valence-electron chi connectivity index (χ0n) is 11.1. The number of nitrogens with zero attached hydrogens (tertiary/aromatic N) is 3. The maximum Gasteiger partial charge on any atom is 0.318 e. The standard InChI is InChI=1S/C12H22N4O2/c1-9(2)13-7-11-14-15-12(18-11)16-5-3-10(8-16)4-6-17/h9-10,13,17H,3-8H2,1-2H3. The largest absolute Gasteiger partial charge is 0.407 e. The molecule has 0 aromatic carbocycles. The van der Waals surface area contributed by atoms with Crippen LogP contribution in [0.25, 0.3) is 0 Å². The highest BCUT2D eigenvalue weighted by Crippen LogP contribution is 2.24. The highest BCUT2D eigenvalue weighted by atomic mass is 16.4. The Kier molecular flexibility index (Phi) is 4.54. The average molecular weight is 254 g/mol. The van der Waals surface area contributed by atoms with Gasteiger partial charge in [0.15, 0.2) is 0 Å². The second kappa shape index (κ2) is 6.15. The van der Waals surface area contributed by atoms with E-state index in [0.717, 1.165) is 25.9 Å². The molecule has 102 valence electrons. The Bertz CT molecular complexity index is 367. The van der Waals surface area contributed by atoms with Gasteiger partial charge in [-0.3, -0.25) is 0 Å². The fourth-order valence-electron chi connectivity index (χ4n) is 2.16. The molecule has 0 radical (unpaired) electrons. The SMILES string of the molecule is CC(C)NCc1nnc(N2CCC(CCO)C2)o1. The molecule has 1 fully saturated rings. The summed E-state index contributed by atoms with van der Waals surface area (Å²) in [4.78, 5) is 2.10. The number of anilines is 1. The summed E-state index contributed by atoms with van der Waals surface area (Å²) < 4.78 is 5.62. The van der Waals surface area contributed by atoms with E-state index in [0.29, 0.717) is 30.4 Å². The van der Waals surface area contributed by atoms with E-state index in [9.17, 15) is 0 Å². The van der Waals surface area contributed by atoms with Crippen molar-refractivity contribution in [1.82, 2.24) is 15.5 Å². The molecule has 2 rings (SSSR count). The maximum atomic E-state index is 8.93. The normalized spacial score (nSPS) is 20.0. The fraction of sp³-hybridized carbons (Fsp3) is 0.833. The number of nitrogens with one attached hydrogen (secondary N) is 1. The van der Waals surface area contributed by atoms with Crippen LogP contribution in [0.1, 0.15) is 32.6 Å². The van der Waals surface area contributed by atoms with Crippen LogP contribution in [0, 0.1) is 5.92 Å². The zero-order chi connectivity index (χ0) is 13.0. The number of aromatic nitrogens is 2. The minimum atomic E-state index is 0.256. The van der Waals surface area contributed by atoms with E-state index in [2.05, 4.69) is 34.3 Å². The molecule has 6 heteroatoms. The van der Waals surface area contributed by atoms with Gasteiger partial charge in [-0.15, -0.1) is 5.10 Å². The second-order valence-corrected chi connectivity index (χ2v) is 5.13. The van der Waals surface area contributed by atoms with Crippen LogP contribution in [0.15, 0.2) is 4.42 Å². The summed E-state index contributed by atoms with van der Waals surface area (Å²) in [5, 5.41) is 20.3. The van der Waals surface area contributed by atoms with Crippen LogP contribution in [0.3, 0.4) is 0 Å². The second-order valence-electron chi connectivity index (χ2n) is 5.13.